The summed E-state index contributed by atoms with van der Waals surface area (Å²) in [6.07, 6.45) is 1.61. The van der Waals surface area contributed by atoms with E-state index in [9.17, 15) is 5.11 Å². The molecule has 0 fully saturated rings. The molecule has 1 heterocycles. The maximum absolute atomic E-state index is 9.38. The van der Waals surface area contributed by atoms with Gasteiger partial charge in [-0.25, -0.2) is 0 Å². The van der Waals surface area contributed by atoms with Crippen molar-refractivity contribution in [1.82, 2.24) is 9.78 Å². The SMILES string of the molecule is CC(=Cc1c(C)nn(C)c1C)C(C)O. The highest BCUT2D eigenvalue weighted by atomic mass is 16.3. The van der Waals surface area contributed by atoms with Gasteiger partial charge in [-0.15, -0.1) is 0 Å². The Bertz CT molecular complexity index is 362. The molecular weight excluding hydrogens is 176 g/mol. The number of aliphatic hydroxyl groups is 1. The fraction of sp³-hybridized carbons (Fsp3) is 0.545. The van der Waals surface area contributed by atoms with Crippen LogP contribution in [0.15, 0.2) is 5.57 Å². The molecule has 78 valence electrons. The van der Waals surface area contributed by atoms with E-state index in [1.54, 1.807) is 6.92 Å². The van der Waals surface area contributed by atoms with Crippen LogP contribution in [0.4, 0.5) is 0 Å². The Labute approximate surface area is 85.1 Å². The molecular formula is C11H18N2O. The molecule has 14 heavy (non-hydrogen) atoms. The summed E-state index contributed by atoms with van der Waals surface area (Å²) in [5, 5.41) is 13.7. The topological polar surface area (TPSA) is 38.0 Å². The number of aryl methyl sites for hydroxylation is 2. The van der Waals surface area contributed by atoms with Gasteiger partial charge in [0, 0.05) is 18.3 Å². The minimum absolute atomic E-state index is 0.394. The lowest BCUT2D eigenvalue weighted by atomic mass is 10.1. The van der Waals surface area contributed by atoms with Gasteiger partial charge in [-0.1, -0.05) is 0 Å². The highest BCUT2D eigenvalue weighted by molar-refractivity contribution is 5.57. The van der Waals surface area contributed by atoms with Gasteiger partial charge >= 0.3 is 0 Å². The first kappa shape index (κ1) is 11.0. The Balaban J connectivity index is 3.14. The first-order valence-corrected chi connectivity index (χ1v) is 4.80. The van der Waals surface area contributed by atoms with Gasteiger partial charge in [0.2, 0.25) is 0 Å². The monoisotopic (exact) mass is 194 g/mol. The zero-order chi connectivity index (χ0) is 10.9. The van der Waals surface area contributed by atoms with E-state index in [1.807, 2.05) is 38.6 Å². The third-order valence-electron chi connectivity index (χ3n) is 2.60. The van der Waals surface area contributed by atoms with Crippen LogP contribution in [-0.2, 0) is 7.05 Å². The number of hydrogen-bond acceptors (Lipinski definition) is 2. The lowest BCUT2D eigenvalue weighted by Gasteiger charge is -2.04. The van der Waals surface area contributed by atoms with E-state index in [0.29, 0.717) is 0 Å². The third-order valence-corrected chi connectivity index (χ3v) is 2.60. The maximum Gasteiger partial charge on any atom is 0.0722 e. The summed E-state index contributed by atoms with van der Waals surface area (Å²) in [5.74, 6) is 0. The number of aliphatic hydroxyl groups excluding tert-OH is 1. The molecule has 0 bridgehead atoms. The summed E-state index contributed by atoms with van der Waals surface area (Å²) in [4.78, 5) is 0. The van der Waals surface area contributed by atoms with Crippen molar-refractivity contribution in [1.29, 1.82) is 0 Å². The van der Waals surface area contributed by atoms with Crippen LogP contribution in [0.25, 0.3) is 6.08 Å². The summed E-state index contributed by atoms with van der Waals surface area (Å²) in [5.41, 5.74) is 4.21. The van der Waals surface area contributed by atoms with E-state index in [1.165, 1.54) is 0 Å². The molecule has 1 atom stereocenters. The largest absolute Gasteiger partial charge is 0.389 e. The molecule has 0 amide bonds. The fourth-order valence-corrected chi connectivity index (χ4v) is 1.35. The second-order valence-electron chi connectivity index (χ2n) is 3.77. The van der Waals surface area contributed by atoms with Gasteiger partial charge < -0.3 is 5.11 Å². The van der Waals surface area contributed by atoms with Crippen molar-refractivity contribution in [3.05, 3.63) is 22.5 Å². The molecule has 0 aromatic carbocycles. The Morgan fingerprint density at radius 2 is 2.07 bits per heavy atom. The molecule has 1 aromatic heterocycles. The van der Waals surface area contributed by atoms with E-state index in [0.717, 1.165) is 22.5 Å². The van der Waals surface area contributed by atoms with Crippen molar-refractivity contribution in [2.75, 3.05) is 0 Å². The van der Waals surface area contributed by atoms with E-state index in [4.69, 9.17) is 0 Å². The van der Waals surface area contributed by atoms with Gasteiger partial charge in [0.1, 0.15) is 0 Å². The summed E-state index contributed by atoms with van der Waals surface area (Å²) in [7, 11) is 1.93. The molecule has 1 unspecified atom stereocenters. The minimum atomic E-state index is -0.394. The third kappa shape index (κ3) is 2.04. The van der Waals surface area contributed by atoms with Gasteiger partial charge in [-0.2, -0.15) is 5.10 Å². The van der Waals surface area contributed by atoms with Gasteiger partial charge in [0.15, 0.2) is 0 Å². The molecule has 0 aliphatic carbocycles. The van der Waals surface area contributed by atoms with Gasteiger partial charge in [-0.3, -0.25) is 4.68 Å². The molecule has 1 N–H and O–H groups in total. The Morgan fingerprint density at radius 3 is 2.43 bits per heavy atom. The van der Waals surface area contributed by atoms with Crippen molar-refractivity contribution in [3.63, 3.8) is 0 Å². The zero-order valence-electron chi connectivity index (χ0n) is 9.50. The Hall–Kier alpha value is -1.09. The van der Waals surface area contributed by atoms with Crippen molar-refractivity contribution in [2.24, 2.45) is 7.05 Å². The molecule has 0 radical (unpaired) electrons. The van der Waals surface area contributed by atoms with Gasteiger partial charge in [0.05, 0.1) is 11.8 Å². The van der Waals surface area contributed by atoms with Crippen LogP contribution < -0.4 is 0 Å². The second-order valence-corrected chi connectivity index (χ2v) is 3.77. The highest BCUT2D eigenvalue weighted by Gasteiger charge is 2.08. The van der Waals surface area contributed by atoms with Crippen molar-refractivity contribution in [2.45, 2.75) is 33.8 Å². The normalized spacial score (nSPS) is 14.6. The zero-order valence-corrected chi connectivity index (χ0v) is 9.50. The summed E-state index contributed by atoms with van der Waals surface area (Å²) < 4.78 is 1.86. The smallest absolute Gasteiger partial charge is 0.0722 e. The van der Waals surface area contributed by atoms with Crippen LogP contribution in [-0.4, -0.2) is 21.0 Å². The molecule has 3 heteroatoms. The number of nitrogens with zero attached hydrogens (tertiary/aromatic N) is 2. The quantitative estimate of drug-likeness (QED) is 0.780. The average Bonchev–Trinajstić information content (AvgIpc) is 2.32. The molecule has 1 aromatic rings. The maximum atomic E-state index is 9.38. The van der Waals surface area contributed by atoms with Crippen LogP contribution in [0.3, 0.4) is 0 Å². The summed E-state index contributed by atoms with van der Waals surface area (Å²) in [6.45, 7) is 7.71. The van der Waals surface area contributed by atoms with Crippen LogP contribution >= 0.6 is 0 Å². The molecule has 0 aliphatic heterocycles. The first-order chi connectivity index (χ1) is 6.43. The van der Waals surface area contributed by atoms with E-state index >= 15 is 0 Å². The summed E-state index contributed by atoms with van der Waals surface area (Å²) >= 11 is 0. The fourth-order valence-electron chi connectivity index (χ4n) is 1.35. The number of aromatic nitrogens is 2. The highest BCUT2D eigenvalue weighted by Crippen LogP contribution is 2.17. The van der Waals surface area contributed by atoms with Gasteiger partial charge in [-0.05, 0) is 39.3 Å². The van der Waals surface area contributed by atoms with Crippen LogP contribution in [0.5, 0.6) is 0 Å². The molecule has 0 saturated heterocycles. The lowest BCUT2D eigenvalue weighted by Crippen LogP contribution is -2.00. The number of rotatable bonds is 2. The van der Waals surface area contributed by atoms with Crippen molar-refractivity contribution >= 4 is 6.08 Å². The molecule has 0 aliphatic rings. The summed E-state index contributed by atoms with van der Waals surface area (Å²) in [6, 6.07) is 0. The second kappa shape index (κ2) is 3.96. The first-order valence-electron chi connectivity index (χ1n) is 4.80. The molecule has 0 saturated carbocycles. The Kier molecular flexibility index (Phi) is 3.11. The number of hydrogen-bond donors (Lipinski definition) is 1. The van der Waals surface area contributed by atoms with Crippen molar-refractivity contribution < 1.29 is 5.11 Å². The average molecular weight is 194 g/mol. The van der Waals surface area contributed by atoms with Crippen LogP contribution in [0.1, 0.15) is 30.8 Å². The van der Waals surface area contributed by atoms with Gasteiger partial charge in [0.25, 0.3) is 0 Å². The molecule has 0 spiro atoms. The van der Waals surface area contributed by atoms with Crippen molar-refractivity contribution in [3.8, 4) is 0 Å². The lowest BCUT2D eigenvalue weighted by molar-refractivity contribution is 0.232. The standard InChI is InChI=1S/C11H18N2O/c1-7(10(4)14)6-11-8(2)12-13(5)9(11)3/h6,10,14H,1-5H3. The minimum Gasteiger partial charge on any atom is -0.389 e. The van der Waals surface area contributed by atoms with E-state index in [2.05, 4.69) is 5.10 Å². The predicted molar refractivity (Wildman–Crippen MR) is 58.0 cm³/mol. The molecule has 3 nitrogen and oxygen atoms in total. The van der Waals surface area contributed by atoms with E-state index < -0.39 is 6.10 Å². The van der Waals surface area contributed by atoms with Crippen LogP contribution in [0, 0.1) is 13.8 Å². The Morgan fingerprint density at radius 1 is 1.50 bits per heavy atom. The molecule has 1 rings (SSSR count). The van der Waals surface area contributed by atoms with Crippen LogP contribution in [0.2, 0.25) is 0 Å². The predicted octanol–water partition coefficient (Wildman–Crippen LogP) is 1.82. The van der Waals surface area contributed by atoms with E-state index in [-0.39, 0.29) is 0 Å².